The maximum atomic E-state index is 12.8. The molecule has 2 aromatic rings. The summed E-state index contributed by atoms with van der Waals surface area (Å²) in [5, 5.41) is 24.0. The number of nitrogens with zero attached hydrogens (tertiary/aromatic N) is 1. The number of likely N-dealkylation sites (tertiary alicyclic amines) is 1. The quantitative estimate of drug-likeness (QED) is 0.305. The highest BCUT2D eigenvalue weighted by Gasteiger charge is 2.35. The lowest BCUT2D eigenvalue weighted by Crippen LogP contribution is -2.51. The highest BCUT2D eigenvalue weighted by Crippen LogP contribution is 2.25. The van der Waals surface area contributed by atoms with Crippen LogP contribution in [-0.4, -0.2) is 63.9 Å². The van der Waals surface area contributed by atoms with Crippen molar-refractivity contribution in [3.63, 3.8) is 0 Å². The first-order valence-corrected chi connectivity index (χ1v) is 12.7. The van der Waals surface area contributed by atoms with Crippen LogP contribution < -0.4 is 10.6 Å². The second-order valence-corrected chi connectivity index (χ2v) is 9.68. The first-order chi connectivity index (χ1) is 18.1. The van der Waals surface area contributed by atoms with Crippen molar-refractivity contribution < 1.29 is 34.2 Å². The molecule has 1 heterocycles. The summed E-state index contributed by atoms with van der Waals surface area (Å²) in [7, 11) is 0. The van der Waals surface area contributed by atoms with Crippen molar-refractivity contribution in [2.45, 2.75) is 38.1 Å². The van der Waals surface area contributed by atoms with Crippen molar-refractivity contribution in [2.75, 3.05) is 18.4 Å². The number of carbonyl (C=O) groups is 5. The molecule has 1 unspecified atom stereocenters. The molecule has 38 heavy (non-hydrogen) atoms. The molecular formula is C26H27Cl2N3O7. The van der Waals surface area contributed by atoms with Gasteiger partial charge in [-0.15, -0.1) is 0 Å². The number of nitrogens with one attached hydrogen (secondary N) is 2. The Balaban J connectivity index is 1.60. The number of aliphatic carboxylic acids is 2. The predicted octanol–water partition coefficient (Wildman–Crippen LogP) is 3.46. The van der Waals surface area contributed by atoms with E-state index < -0.39 is 41.6 Å². The Kier molecular flexibility index (Phi) is 10.1. The van der Waals surface area contributed by atoms with Crippen LogP contribution in [0.25, 0.3) is 0 Å². The molecule has 1 aliphatic heterocycles. The Labute approximate surface area is 228 Å². The van der Waals surface area contributed by atoms with Crippen LogP contribution in [0.15, 0.2) is 42.5 Å². The van der Waals surface area contributed by atoms with Crippen molar-refractivity contribution in [1.82, 2.24) is 10.2 Å². The molecule has 0 spiro atoms. The molecule has 1 saturated heterocycles. The van der Waals surface area contributed by atoms with Crippen LogP contribution in [-0.2, 0) is 25.6 Å². The number of benzene rings is 2. The number of hydrogen-bond donors (Lipinski definition) is 4. The minimum atomic E-state index is -1.28. The lowest BCUT2D eigenvalue weighted by Gasteiger charge is -2.32. The summed E-state index contributed by atoms with van der Waals surface area (Å²) in [4.78, 5) is 62.2. The van der Waals surface area contributed by atoms with E-state index in [2.05, 4.69) is 10.6 Å². The van der Waals surface area contributed by atoms with Crippen molar-refractivity contribution in [3.8, 4) is 0 Å². The average Bonchev–Trinajstić information content (AvgIpc) is 2.85. The first-order valence-electron chi connectivity index (χ1n) is 11.9. The van der Waals surface area contributed by atoms with Gasteiger partial charge in [-0.05, 0) is 49.1 Å². The maximum absolute atomic E-state index is 12.8. The second-order valence-electron chi connectivity index (χ2n) is 8.87. The van der Waals surface area contributed by atoms with E-state index in [4.69, 9.17) is 28.3 Å². The van der Waals surface area contributed by atoms with Crippen molar-refractivity contribution in [1.29, 1.82) is 0 Å². The van der Waals surface area contributed by atoms with Gasteiger partial charge < -0.3 is 25.7 Å². The zero-order valence-corrected chi connectivity index (χ0v) is 21.8. The number of carbonyl (C=O) groups excluding carboxylic acids is 3. The minimum absolute atomic E-state index is 0.0467. The van der Waals surface area contributed by atoms with Crippen LogP contribution >= 0.6 is 23.2 Å². The highest BCUT2D eigenvalue weighted by molar-refractivity contribution is 6.40. The van der Waals surface area contributed by atoms with E-state index in [-0.39, 0.29) is 47.8 Å². The van der Waals surface area contributed by atoms with Gasteiger partial charge in [0.2, 0.25) is 11.8 Å². The molecule has 10 nitrogen and oxygen atoms in total. The Morgan fingerprint density at radius 1 is 1.03 bits per heavy atom. The topological polar surface area (TPSA) is 153 Å². The van der Waals surface area contributed by atoms with E-state index in [9.17, 15) is 29.1 Å². The summed E-state index contributed by atoms with van der Waals surface area (Å²) in [6.07, 6.45) is 0.985. The van der Waals surface area contributed by atoms with Gasteiger partial charge in [0.05, 0.1) is 15.6 Å². The molecule has 2 atom stereocenters. The molecule has 1 aliphatic rings. The van der Waals surface area contributed by atoms with Crippen molar-refractivity contribution in [3.05, 3.63) is 63.6 Å². The Morgan fingerprint density at radius 3 is 2.29 bits per heavy atom. The van der Waals surface area contributed by atoms with Crippen LogP contribution in [0.5, 0.6) is 0 Å². The predicted molar refractivity (Wildman–Crippen MR) is 140 cm³/mol. The van der Waals surface area contributed by atoms with Gasteiger partial charge in [-0.25, -0.2) is 4.79 Å². The summed E-state index contributed by atoms with van der Waals surface area (Å²) in [5.41, 5.74) is 1.14. The Hall–Kier alpha value is -3.63. The van der Waals surface area contributed by atoms with Crippen LogP contribution in [0.4, 0.5) is 5.69 Å². The molecule has 1 fully saturated rings. The fourth-order valence-corrected chi connectivity index (χ4v) is 4.74. The van der Waals surface area contributed by atoms with E-state index in [1.807, 2.05) is 0 Å². The van der Waals surface area contributed by atoms with Gasteiger partial charge in [0.25, 0.3) is 5.91 Å². The molecule has 0 aromatic heterocycles. The lowest BCUT2D eigenvalue weighted by molar-refractivity contribution is -0.149. The third-order valence-electron chi connectivity index (χ3n) is 6.12. The normalized spacial score (nSPS) is 16.0. The van der Waals surface area contributed by atoms with Gasteiger partial charge in [0.15, 0.2) is 0 Å². The molecule has 2 aromatic carbocycles. The summed E-state index contributed by atoms with van der Waals surface area (Å²) in [6, 6.07) is 9.82. The minimum Gasteiger partial charge on any atom is -0.481 e. The number of halogens is 2. The van der Waals surface area contributed by atoms with Crippen LogP contribution in [0.3, 0.4) is 0 Å². The molecule has 3 rings (SSSR count). The zero-order valence-electron chi connectivity index (χ0n) is 20.3. The molecule has 0 bridgehead atoms. The fraction of sp³-hybridized carbons (Fsp3) is 0.346. The van der Waals surface area contributed by atoms with Gasteiger partial charge in [-0.3, -0.25) is 19.2 Å². The molecule has 4 N–H and O–H groups in total. The SMILES string of the molecule is O=C(O)CCCN1CCCC(C(=O)N[C@@H](Cc2ccc(NC(=O)c3c(Cl)cccc3Cl)cc2)C(=O)O)C1=O. The van der Waals surface area contributed by atoms with Gasteiger partial charge in [0, 0.05) is 31.6 Å². The van der Waals surface area contributed by atoms with Gasteiger partial charge in [0.1, 0.15) is 12.0 Å². The number of carboxylic acid groups (broad SMARTS) is 2. The largest absolute Gasteiger partial charge is 0.481 e. The smallest absolute Gasteiger partial charge is 0.326 e. The standard InChI is InChI=1S/C26H27Cl2N3O7/c27-18-5-1-6-19(28)22(18)24(35)29-16-10-8-15(9-11-16)14-20(26(37)38)30-23(34)17-4-2-12-31(25(17)36)13-3-7-21(32)33/h1,5-6,8-11,17,20H,2-4,7,12-14H2,(H,29,35)(H,30,34)(H,32,33)(H,37,38)/t17?,20-/m0/s1. The summed E-state index contributed by atoms with van der Waals surface area (Å²) >= 11 is 12.1. The first kappa shape index (κ1) is 28.9. The number of rotatable bonds is 11. The maximum Gasteiger partial charge on any atom is 0.326 e. The Bertz CT molecular complexity index is 1200. The summed E-state index contributed by atoms with van der Waals surface area (Å²) < 4.78 is 0. The van der Waals surface area contributed by atoms with E-state index >= 15 is 0 Å². The number of amides is 3. The van der Waals surface area contributed by atoms with Gasteiger partial charge in [-0.2, -0.15) is 0 Å². The molecule has 202 valence electrons. The van der Waals surface area contributed by atoms with Crippen molar-refractivity contribution >= 4 is 58.5 Å². The number of carboxylic acids is 2. The number of hydrogen-bond acceptors (Lipinski definition) is 5. The van der Waals surface area contributed by atoms with Gasteiger partial charge >= 0.3 is 11.9 Å². The van der Waals surface area contributed by atoms with E-state index in [1.165, 1.54) is 4.90 Å². The Morgan fingerprint density at radius 2 is 1.68 bits per heavy atom. The molecule has 0 saturated carbocycles. The number of piperidine rings is 1. The van der Waals surface area contributed by atoms with Crippen LogP contribution in [0.1, 0.15) is 41.6 Å². The number of anilines is 1. The van der Waals surface area contributed by atoms with E-state index in [0.717, 1.165) is 0 Å². The van der Waals surface area contributed by atoms with Crippen molar-refractivity contribution in [2.24, 2.45) is 5.92 Å². The zero-order chi connectivity index (χ0) is 27.8. The summed E-state index contributed by atoms with van der Waals surface area (Å²) in [6.45, 7) is 0.652. The lowest BCUT2D eigenvalue weighted by atomic mass is 9.95. The average molecular weight is 564 g/mol. The monoisotopic (exact) mass is 563 g/mol. The second kappa shape index (κ2) is 13.3. The van der Waals surface area contributed by atoms with Gasteiger partial charge in [-0.1, -0.05) is 41.4 Å². The molecule has 3 amide bonds. The summed E-state index contributed by atoms with van der Waals surface area (Å²) in [5.74, 6) is -4.85. The molecule has 0 radical (unpaired) electrons. The molecular weight excluding hydrogens is 537 g/mol. The molecule has 12 heteroatoms. The fourth-order valence-electron chi connectivity index (χ4n) is 4.17. The third kappa shape index (κ3) is 7.69. The highest BCUT2D eigenvalue weighted by atomic mass is 35.5. The van der Waals surface area contributed by atoms with Crippen LogP contribution in [0, 0.1) is 5.92 Å². The third-order valence-corrected chi connectivity index (χ3v) is 6.75. The van der Waals surface area contributed by atoms with E-state index in [0.29, 0.717) is 24.2 Å². The molecule has 0 aliphatic carbocycles. The van der Waals surface area contributed by atoms with E-state index in [1.54, 1.807) is 42.5 Å². The van der Waals surface area contributed by atoms with Crippen LogP contribution in [0.2, 0.25) is 10.0 Å².